The van der Waals surface area contributed by atoms with Crippen LogP contribution in [0.1, 0.15) is 18.1 Å². The third-order valence-corrected chi connectivity index (χ3v) is 3.47. The van der Waals surface area contributed by atoms with Crippen LogP contribution < -0.4 is 5.73 Å². The van der Waals surface area contributed by atoms with Gasteiger partial charge in [-0.3, -0.25) is 0 Å². The second-order valence-electron chi connectivity index (χ2n) is 4.61. The molecule has 0 amide bonds. The molecule has 96 valence electrons. The summed E-state index contributed by atoms with van der Waals surface area (Å²) in [6.07, 6.45) is 0.997. The van der Waals surface area contributed by atoms with E-state index in [1.807, 2.05) is 24.3 Å². The quantitative estimate of drug-likeness (QED) is 0.750. The van der Waals surface area contributed by atoms with Crippen molar-refractivity contribution in [1.29, 1.82) is 0 Å². The van der Waals surface area contributed by atoms with E-state index in [2.05, 4.69) is 30.1 Å². The van der Waals surface area contributed by atoms with Crippen molar-refractivity contribution in [2.45, 2.75) is 19.9 Å². The monoisotopic (exact) mass is 251 g/mol. The van der Waals surface area contributed by atoms with Crippen molar-refractivity contribution in [3.05, 3.63) is 53.6 Å². The number of hydrogen-bond acceptors (Lipinski definition) is 2. The fraction of sp³-hybridized carbons (Fsp3) is 0.188. The van der Waals surface area contributed by atoms with Crippen LogP contribution in [-0.2, 0) is 13.0 Å². The Morgan fingerprint density at radius 2 is 1.84 bits per heavy atom. The smallest absolute Gasteiger partial charge is 0.138 e. The second-order valence-corrected chi connectivity index (χ2v) is 4.61. The number of rotatable bonds is 3. The molecule has 19 heavy (non-hydrogen) atoms. The van der Waals surface area contributed by atoms with Gasteiger partial charge in [0.05, 0.1) is 11.0 Å². The Labute approximate surface area is 112 Å². The summed E-state index contributed by atoms with van der Waals surface area (Å²) in [6, 6.07) is 14.4. The summed E-state index contributed by atoms with van der Waals surface area (Å²) >= 11 is 0. The van der Waals surface area contributed by atoms with Crippen molar-refractivity contribution >= 4 is 11.0 Å². The molecule has 0 bridgehead atoms. The van der Waals surface area contributed by atoms with Crippen molar-refractivity contribution in [3.8, 4) is 11.4 Å². The van der Waals surface area contributed by atoms with E-state index in [1.165, 1.54) is 11.1 Å². The van der Waals surface area contributed by atoms with Crippen LogP contribution in [-0.4, -0.2) is 9.97 Å². The van der Waals surface area contributed by atoms with E-state index in [0.29, 0.717) is 6.54 Å². The number of nitrogens with zero attached hydrogens (tertiary/aromatic N) is 1. The maximum atomic E-state index is 5.77. The van der Waals surface area contributed by atoms with Gasteiger partial charge in [0.1, 0.15) is 5.82 Å². The lowest BCUT2D eigenvalue weighted by Crippen LogP contribution is -1.96. The molecule has 3 aromatic rings. The molecule has 0 saturated heterocycles. The van der Waals surface area contributed by atoms with Gasteiger partial charge < -0.3 is 10.7 Å². The zero-order valence-electron chi connectivity index (χ0n) is 11.0. The molecule has 3 heteroatoms. The number of imidazole rings is 1. The Morgan fingerprint density at radius 3 is 2.63 bits per heavy atom. The minimum absolute atomic E-state index is 0.511. The van der Waals surface area contributed by atoms with Crippen LogP contribution in [0, 0.1) is 0 Å². The highest BCUT2D eigenvalue weighted by atomic mass is 14.9. The fourth-order valence-corrected chi connectivity index (χ4v) is 2.44. The number of nitrogens with one attached hydrogen (secondary N) is 1. The summed E-state index contributed by atoms with van der Waals surface area (Å²) in [6.45, 7) is 2.67. The number of aromatic nitrogens is 2. The van der Waals surface area contributed by atoms with E-state index in [0.717, 1.165) is 28.8 Å². The summed E-state index contributed by atoms with van der Waals surface area (Å²) in [5, 5.41) is 0. The molecule has 0 unspecified atom stereocenters. The van der Waals surface area contributed by atoms with Gasteiger partial charge in [0.2, 0.25) is 0 Å². The molecule has 0 aliphatic rings. The molecule has 3 N–H and O–H groups in total. The number of benzene rings is 2. The van der Waals surface area contributed by atoms with Gasteiger partial charge in [-0.15, -0.1) is 0 Å². The van der Waals surface area contributed by atoms with E-state index < -0.39 is 0 Å². The third-order valence-electron chi connectivity index (χ3n) is 3.47. The van der Waals surface area contributed by atoms with Crippen LogP contribution >= 0.6 is 0 Å². The maximum Gasteiger partial charge on any atom is 0.138 e. The zero-order chi connectivity index (χ0) is 13.2. The maximum absolute atomic E-state index is 5.77. The van der Waals surface area contributed by atoms with Gasteiger partial charge in [-0.2, -0.15) is 0 Å². The molecule has 0 aliphatic heterocycles. The van der Waals surface area contributed by atoms with E-state index in [1.54, 1.807) is 0 Å². The number of fused-ring (bicyclic) bond motifs is 1. The summed E-state index contributed by atoms with van der Waals surface area (Å²) < 4.78 is 0. The lowest BCUT2D eigenvalue weighted by Gasteiger charge is -2.03. The Kier molecular flexibility index (Phi) is 3.05. The predicted molar refractivity (Wildman–Crippen MR) is 78.8 cm³/mol. The van der Waals surface area contributed by atoms with Crippen molar-refractivity contribution < 1.29 is 0 Å². The van der Waals surface area contributed by atoms with Crippen LogP contribution in [0.5, 0.6) is 0 Å². The lowest BCUT2D eigenvalue weighted by atomic mass is 10.1. The Bertz CT molecular complexity index is 713. The van der Waals surface area contributed by atoms with Gasteiger partial charge in [0.25, 0.3) is 0 Å². The average molecular weight is 251 g/mol. The highest BCUT2D eigenvalue weighted by Crippen LogP contribution is 2.25. The molecule has 1 heterocycles. The molecule has 3 rings (SSSR count). The first-order chi connectivity index (χ1) is 9.33. The first-order valence-electron chi connectivity index (χ1n) is 6.59. The SMILES string of the molecule is CCc1ccccc1-c1nc2c(CN)cccc2[nH]1. The normalized spacial score (nSPS) is 11.1. The zero-order valence-corrected chi connectivity index (χ0v) is 11.0. The second kappa shape index (κ2) is 4.86. The molecule has 2 aromatic carbocycles. The van der Waals surface area contributed by atoms with E-state index in [-0.39, 0.29) is 0 Å². The molecule has 0 saturated carbocycles. The number of hydrogen-bond donors (Lipinski definition) is 2. The van der Waals surface area contributed by atoms with Crippen molar-refractivity contribution in [2.75, 3.05) is 0 Å². The van der Waals surface area contributed by atoms with E-state index in [4.69, 9.17) is 10.7 Å². The van der Waals surface area contributed by atoms with Crippen LogP contribution in [0.4, 0.5) is 0 Å². The summed E-state index contributed by atoms with van der Waals surface area (Å²) in [7, 11) is 0. The molecule has 0 fully saturated rings. The number of aromatic amines is 1. The van der Waals surface area contributed by atoms with Gasteiger partial charge in [0, 0.05) is 12.1 Å². The van der Waals surface area contributed by atoms with Crippen molar-refractivity contribution in [3.63, 3.8) is 0 Å². The minimum atomic E-state index is 0.511. The topological polar surface area (TPSA) is 54.7 Å². The number of nitrogens with two attached hydrogens (primary N) is 1. The molecular weight excluding hydrogens is 234 g/mol. The summed E-state index contributed by atoms with van der Waals surface area (Å²) in [4.78, 5) is 8.12. The highest BCUT2D eigenvalue weighted by Gasteiger charge is 2.10. The Hall–Kier alpha value is -2.13. The van der Waals surface area contributed by atoms with E-state index in [9.17, 15) is 0 Å². The molecule has 3 nitrogen and oxygen atoms in total. The van der Waals surface area contributed by atoms with Crippen LogP contribution in [0.15, 0.2) is 42.5 Å². The molecule has 0 aliphatic carbocycles. The Balaban J connectivity index is 2.21. The average Bonchev–Trinajstić information content (AvgIpc) is 2.90. The van der Waals surface area contributed by atoms with Gasteiger partial charge in [-0.25, -0.2) is 4.98 Å². The summed E-state index contributed by atoms with van der Waals surface area (Å²) in [5.74, 6) is 0.924. The standard InChI is InChI=1S/C16H17N3/c1-2-11-6-3-4-8-13(11)16-18-14-9-5-7-12(10-17)15(14)19-16/h3-9H,2,10,17H2,1H3,(H,18,19). The lowest BCUT2D eigenvalue weighted by molar-refractivity contribution is 1.08. The van der Waals surface area contributed by atoms with Crippen molar-refractivity contribution in [1.82, 2.24) is 9.97 Å². The van der Waals surface area contributed by atoms with Gasteiger partial charge in [0.15, 0.2) is 0 Å². The first-order valence-corrected chi connectivity index (χ1v) is 6.59. The molecule has 1 aromatic heterocycles. The number of para-hydroxylation sites is 1. The molecule has 0 spiro atoms. The predicted octanol–water partition coefficient (Wildman–Crippen LogP) is 3.25. The molecule has 0 atom stereocenters. The van der Waals surface area contributed by atoms with E-state index >= 15 is 0 Å². The number of H-pyrrole nitrogens is 1. The van der Waals surface area contributed by atoms with Gasteiger partial charge in [-0.05, 0) is 23.6 Å². The minimum Gasteiger partial charge on any atom is -0.338 e. The van der Waals surface area contributed by atoms with Crippen molar-refractivity contribution in [2.24, 2.45) is 5.73 Å². The number of aryl methyl sites for hydroxylation is 1. The van der Waals surface area contributed by atoms with Crippen LogP contribution in [0.3, 0.4) is 0 Å². The van der Waals surface area contributed by atoms with Gasteiger partial charge >= 0.3 is 0 Å². The summed E-state index contributed by atoms with van der Waals surface area (Å²) in [5.41, 5.74) is 11.3. The molecular formula is C16H17N3. The fourth-order valence-electron chi connectivity index (χ4n) is 2.44. The third kappa shape index (κ3) is 2.02. The molecule has 0 radical (unpaired) electrons. The first kappa shape index (κ1) is 11.9. The largest absolute Gasteiger partial charge is 0.338 e. The highest BCUT2D eigenvalue weighted by molar-refractivity contribution is 5.82. The Morgan fingerprint density at radius 1 is 1.05 bits per heavy atom. The van der Waals surface area contributed by atoms with Crippen LogP contribution in [0.2, 0.25) is 0 Å². The van der Waals surface area contributed by atoms with Gasteiger partial charge in [-0.1, -0.05) is 43.3 Å². The van der Waals surface area contributed by atoms with Crippen LogP contribution in [0.25, 0.3) is 22.4 Å².